The number of nitrogens with one attached hydrogen (secondary N) is 1. The van der Waals surface area contributed by atoms with Gasteiger partial charge in [-0.3, -0.25) is 11.3 Å². The third kappa shape index (κ3) is 2.81. The summed E-state index contributed by atoms with van der Waals surface area (Å²) in [6, 6.07) is 10.4. The molecule has 0 fully saturated rings. The molecule has 18 heavy (non-hydrogen) atoms. The van der Waals surface area contributed by atoms with Gasteiger partial charge >= 0.3 is 0 Å². The van der Waals surface area contributed by atoms with E-state index in [-0.39, 0.29) is 6.04 Å². The Balaban J connectivity index is 2.10. The molecular weight excluding hydrogens is 224 g/mol. The molecule has 0 saturated heterocycles. The van der Waals surface area contributed by atoms with Gasteiger partial charge in [0.15, 0.2) is 0 Å². The van der Waals surface area contributed by atoms with Crippen molar-refractivity contribution in [2.75, 3.05) is 0 Å². The van der Waals surface area contributed by atoms with Crippen molar-refractivity contribution >= 4 is 0 Å². The van der Waals surface area contributed by atoms with Crippen molar-refractivity contribution in [2.45, 2.75) is 32.7 Å². The highest BCUT2D eigenvalue weighted by molar-refractivity contribution is 5.35. The van der Waals surface area contributed by atoms with Crippen LogP contribution in [0.1, 0.15) is 34.9 Å². The Kier molecular flexibility index (Phi) is 4.18. The van der Waals surface area contributed by atoms with Crippen LogP contribution < -0.4 is 11.3 Å². The van der Waals surface area contributed by atoms with E-state index < -0.39 is 0 Å². The highest BCUT2D eigenvalue weighted by atomic mass is 16.3. The van der Waals surface area contributed by atoms with Gasteiger partial charge < -0.3 is 4.42 Å². The molecule has 1 aromatic carbocycles. The first-order valence-electron chi connectivity index (χ1n) is 6.27. The molecule has 0 spiro atoms. The zero-order valence-corrected chi connectivity index (χ0v) is 10.9. The lowest BCUT2D eigenvalue weighted by Gasteiger charge is -2.19. The first-order valence-corrected chi connectivity index (χ1v) is 6.27. The van der Waals surface area contributed by atoms with Crippen LogP contribution in [0.15, 0.2) is 41.0 Å². The third-order valence-corrected chi connectivity index (χ3v) is 3.48. The summed E-state index contributed by atoms with van der Waals surface area (Å²) in [5.41, 5.74) is 6.78. The molecule has 1 atom stereocenters. The van der Waals surface area contributed by atoms with Gasteiger partial charge in [0, 0.05) is 12.5 Å². The van der Waals surface area contributed by atoms with Crippen LogP contribution >= 0.6 is 0 Å². The van der Waals surface area contributed by atoms with Gasteiger partial charge in [0.25, 0.3) is 0 Å². The predicted molar refractivity (Wildman–Crippen MR) is 73.0 cm³/mol. The summed E-state index contributed by atoms with van der Waals surface area (Å²) >= 11 is 0. The van der Waals surface area contributed by atoms with Crippen LogP contribution in [0.2, 0.25) is 0 Å². The molecule has 2 aromatic rings. The van der Waals surface area contributed by atoms with Crippen molar-refractivity contribution < 1.29 is 4.42 Å². The quantitative estimate of drug-likeness (QED) is 0.628. The van der Waals surface area contributed by atoms with Crippen LogP contribution in [0, 0.1) is 13.8 Å². The lowest BCUT2D eigenvalue weighted by molar-refractivity contribution is 0.457. The monoisotopic (exact) mass is 244 g/mol. The number of hydrogen-bond acceptors (Lipinski definition) is 3. The molecule has 1 aromatic heterocycles. The minimum Gasteiger partial charge on any atom is -0.469 e. The fourth-order valence-corrected chi connectivity index (χ4v) is 2.22. The van der Waals surface area contributed by atoms with E-state index in [4.69, 9.17) is 10.3 Å². The van der Waals surface area contributed by atoms with Crippen molar-refractivity contribution in [2.24, 2.45) is 5.84 Å². The van der Waals surface area contributed by atoms with Crippen LogP contribution in [0.4, 0.5) is 0 Å². The molecule has 0 bridgehead atoms. The van der Waals surface area contributed by atoms with E-state index in [1.54, 1.807) is 6.26 Å². The van der Waals surface area contributed by atoms with E-state index in [9.17, 15) is 0 Å². The Bertz CT molecular complexity index is 491. The first-order chi connectivity index (χ1) is 8.72. The second-order valence-electron chi connectivity index (χ2n) is 4.63. The van der Waals surface area contributed by atoms with Gasteiger partial charge in [-0.15, -0.1) is 0 Å². The molecule has 0 radical (unpaired) electrons. The summed E-state index contributed by atoms with van der Waals surface area (Å²) in [5.74, 6) is 6.68. The molecule has 3 nitrogen and oxygen atoms in total. The van der Waals surface area contributed by atoms with E-state index >= 15 is 0 Å². The SMILES string of the molecule is Cc1cccc(C(CCc2ccco2)NN)c1C. The van der Waals surface area contributed by atoms with Gasteiger partial charge in [-0.2, -0.15) is 0 Å². The number of hydrogen-bond donors (Lipinski definition) is 2. The number of nitrogens with two attached hydrogens (primary N) is 1. The topological polar surface area (TPSA) is 51.2 Å². The number of hydrazine groups is 1. The zero-order chi connectivity index (χ0) is 13.0. The van der Waals surface area contributed by atoms with E-state index in [1.165, 1.54) is 16.7 Å². The summed E-state index contributed by atoms with van der Waals surface area (Å²) in [6.07, 6.45) is 3.52. The smallest absolute Gasteiger partial charge is 0.103 e. The van der Waals surface area contributed by atoms with E-state index in [1.807, 2.05) is 12.1 Å². The van der Waals surface area contributed by atoms with Crippen molar-refractivity contribution in [3.63, 3.8) is 0 Å². The van der Waals surface area contributed by atoms with Gasteiger partial charge in [-0.1, -0.05) is 18.2 Å². The largest absolute Gasteiger partial charge is 0.469 e. The average molecular weight is 244 g/mol. The maximum absolute atomic E-state index is 5.68. The second kappa shape index (κ2) is 5.85. The van der Waals surface area contributed by atoms with E-state index in [2.05, 4.69) is 37.5 Å². The average Bonchev–Trinajstić information content (AvgIpc) is 2.88. The molecule has 0 saturated carbocycles. The summed E-state index contributed by atoms with van der Waals surface area (Å²) in [5, 5.41) is 0. The van der Waals surface area contributed by atoms with Crippen molar-refractivity contribution in [1.82, 2.24) is 5.43 Å². The molecule has 0 aliphatic rings. The molecule has 2 rings (SSSR count). The molecule has 0 aliphatic carbocycles. The van der Waals surface area contributed by atoms with Crippen molar-refractivity contribution in [3.05, 3.63) is 59.0 Å². The standard InChI is InChI=1S/C15H20N2O/c1-11-5-3-7-14(12(11)2)15(17-16)9-8-13-6-4-10-18-13/h3-7,10,15,17H,8-9,16H2,1-2H3. The van der Waals surface area contributed by atoms with E-state index in [0.717, 1.165) is 18.6 Å². The highest BCUT2D eigenvalue weighted by Crippen LogP contribution is 2.23. The maximum Gasteiger partial charge on any atom is 0.103 e. The van der Waals surface area contributed by atoms with Crippen molar-refractivity contribution in [3.8, 4) is 0 Å². The molecule has 96 valence electrons. The number of rotatable bonds is 5. The number of aryl methyl sites for hydroxylation is 2. The normalized spacial score (nSPS) is 12.6. The lowest BCUT2D eigenvalue weighted by atomic mass is 9.95. The Morgan fingerprint density at radius 2 is 2.06 bits per heavy atom. The minimum absolute atomic E-state index is 0.162. The molecule has 0 aliphatic heterocycles. The van der Waals surface area contributed by atoms with Gasteiger partial charge in [-0.05, 0) is 49.1 Å². The Morgan fingerprint density at radius 1 is 1.22 bits per heavy atom. The molecule has 1 heterocycles. The number of furan rings is 1. The Morgan fingerprint density at radius 3 is 2.72 bits per heavy atom. The molecule has 0 amide bonds. The van der Waals surface area contributed by atoms with Crippen LogP contribution in [0.5, 0.6) is 0 Å². The number of benzene rings is 1. The van der Waals surface area contributed by atoms with Gasteiger partial charge in [-0.25, -0.2) is 0 Å². The van der Waals surface area contributed by atoms with Gasteiger partial charge in [0.1, 0.15) is 5.76 Å². The van der Waals surface area contributed by atoms with Crippen LogP contribution in [0.3, 0.4) is 0 Å². The van der Waals surface area contributed by atoms with Gasteiger partial charge in [0.2, 0.25) is 0 Å². The summed E-state index contributed by atoms with van der Waals surface area (Å²) in [6.45, 7) is 4.26. The molecule has 1 unspecified atom stereocenters. The van der Waals surface area contributed by atoms with Crippen molar-refractivity contribution in [1.29, 1.82) is 0 Å². The first kappa shape index (κ1) is 12.9. The lowest BCUT2D eigenvalue weighted by Crippen LogP contribution is -2.29. The fourth-order valence-electron chi connectivity index (χ4n) is 2.22. The van der Waals surface area contributed by atoms with Crippen LogP contribution in [0.25, 0.3) is 0 Å². The Hall–Kier alpha value is -1.58. The predicted octanol–water partition coefficient (Wildman–Crippen LogP) is 3.03. The maximum atomic E-state index is 5.68. The molecule has 3 heteroatoms. The van der Waals surface area contributed by atoms with E-state index in [0.29, 0.717) is 0 Å². The summed E-state index contributed by atoms with van der Waals surface area (Å²) < 4.78 is 5.35. The van der Waals surface area contributed by atoms with Crippen LogP contribution in [-0.4, -0.2) is 0 Å². The highest BCUT2D eigenvalue weighted by Gasteiger charge is 2.13. The Labute approximate surface area is 108 Å². The summed E-state index contributed by atoms with van der Waals surface area (Å²) in [4.78, 5) is 0. The van der Waals surface area contributed by atoms with Crippen LogP contribution in [-0.2, 0) is 6.42 Å². The minimum atomic E-state index is 0.162. The second-order valence-corrected chi connectivity index (χ2v) is 4.63. The van der Waals surface area contributed by atoms with Gasteiger partial charge in [0.05, 0.1) is 6.26 Å². The summed E-state index contributed by atoms with van der Waals surface area (Å²) in [7, 11) is 0. The third-order valence-electron chi connectivity index (χ3n) is 3.48. The molecule has 3 N–H and O–H groups in total. The molecular formula is C15H20N2O. The zero-order valence-electron chi connectivity index (χ0n) is 10.9. The fraction of sp³-hybridized carbons (Fsp3) is 0.333.